The number of carbonyl (C=O) groups excluding carboxylic acids is 1. The summed E-state index contributed by atoms with van der Waals surface area (Å²) < 4.78 is 0. The van der Waals surface area contributed by atoms with Crippen molar-refractivity contribution >= 4 is 69.2 Å². The maximum absolute atomic E-state index is 12.7. The largest absolute Gasteiger partial charge is 0.480 e. The van der Waals surface area contributed by atoms with Crippen molar-refractivity contribution < 1.29 is 14.7 Å². The Kier molecular flexibility index (Phi) is 8.61. The van der Waals surface area contributed by atoms with E-state index in [1.165, 1.54) is 13.0 Å². The van der Waals surface area contributed by atoms with Crippen LogP contribution < -0.4 is 5.32 Å². The summed E-state index contributed by atoms with van der Waals surface area (Å²) in [6, 6.07) is 13.1. The highest BCUT2D eigenvalue weighted by Crippen LogP contribution is 2.34. The third kappa shape index (κ3) is 5.91. The summed E-state index contributed by atoms with van der Waals surface area (Å²) in [7, 11) is 0. The number of hydrogen-bond acceptors (Lipinski definition) is 3. The van der Waals surface area contributed by atoms with Gasteiger partial charge in [0, 0.05) is 22.4 Å². The molecule has 1 amide bonds. The van der Waals surface area contributed by atoms with E-state index in [9.17, 15) is 14.7 Å². The molecule has 0 saturated heterocycles. The lowest BCUT2D eigenvalue weighted by Gasteiger charge is -2.17. The zero-order chi connectivity index (χ0) is 25.0. The van der Waals surface area contributed by atoms with Gasteiger partial charge in [-0.2, -0.15) is 0 Å². The monoisotopic (exact) mass is 536 g/mol. The highest BCUT2D eigenvalue weighted by molar-refractivity contribution is 6.40. The number of fused-ring (bicyclic) bond motifs is 1. The number of aliphatic carboxylic acids is 1. The predicted molar refractivity (Wildman–Crippen MR) is 139 cm³/mol. The number of amides is 1. The molecule has 5 nitrogen and oxygen atoms in total. The number of carbonyl (C=O) groups is 2. The fourth-order valence-electron chi connectivity index (χ4n) is 3.42. The first-order chi connectivity index (χ1) is 16.1. The second kappa shape index (κ2) is 11.2. The van der Waals surface area contributed by atoms with E-state index in [0.717, 1.165) is 5.39 Å². The summed E-state index contributed by atoms with van der Waals surface area (Å²) in [5.74, 6) is -1.84. The van der Waals surface area contributed by atoms with Crippen LogP contribution in [-0.2, 0) is 16.0 Å². The van der Waals surface area contributed by atoms with E-state index >= 15 is 0 Å². The van der Waals surface area contributed by atoms with E-state index in [1.807, 2.05) is 12.1 Å². The lowest BCUT2D eigenvalue weighted by Crippen LogP contribution is -2.43. The number of aromatic nitrogens is 1. The predicted octanol–water partition coefficient (Wildman–Crippen LogP) is 6.98. The quantitative estimate of drug-likeness (QED) is 0.252. The molecule has 0 aliphatic rings. The van der Waals surface area contributed by atoms with E-state index in [2.05, 4.69) is 10.3 Å². The summed E-state index contributed by atoms with van der Waals surface area (Å²) in [6.45, 7) is 3.16. The molecule has 2 aromatic carbocycles. The third-order valence-electron chi connectivity index (χ3n) is 5.08. The molecular weight excluding hydrogens is 518 g/mol. The van der Waals surface area contributed by atoms with Gasteiger partial charge in [-0.15, -0.1) is 0 Å². The van der Waals surface area contributed by atoms with E-state index in [-0.39, 0.29) is 22.1 Å². The van der Waals surface area contributed by atoms with Crippen molar-refractivity contribution in [2.24, 2.45) is 0 Å². The summed E-state index contributed by atoms with van der Waals surface area (Å²) in [4.78, 5) is 29.2. The number of nitrogens with zero attached hydrogens (tertiary/aromatic N) is 1. The fourth-order valence-corrected chi connectivity index (χ4v) is 4.48. The van der Waals surface area contributed by atoms with Crippen molar-refractivity contribution in [1.29, 1.82) is 0 Å². The molecule has 0 spiro atoms. The summed E-state index contributed by atoms with van der Waals surface area (Å²) in [5.41, 5.74) is 2.70. The number of halogens is 4. The molecule has 3 aromatic rings. The second-order valence-electron chi connectivity index (χ2n) is 7.43. The molecule has 0 bridgehead atoms. The summed E-state index contributed by atoms with van der Waals surface area (Å²) >= 11 is 24.7. The van der Waals surface area contributed by atoms with Gasteiger partial charge in [0.1, 0.15) is 6.04 Å². The first-order valence-electron chi connectivity index (χ1n) is 10.2. The molecular formula is C25H20Cl4N2O3. The lowest BCUT2D eigenvalue weighted by molar-refractivity contribution is -0.141. The molecule has 0 aliphatic carbocycles. The van der Waals surface area contributed by atoms with E-state index < -0.39 is 17.9 Å². The topological polar surface area (TPSA) is 79.3 Å². The van der Waals surface area contributed by atoms with Crippen molar-refractivity contribution in [3.05, 3.63) is 85.9 Å². The second-order valence-corrected chi connectivity index (χ2v) is 9.22. The van der Waals surface area contributed by atoms with Crippen molar-refractivity contribution in [1.82, 2.24) is 10.3 Å². The van der Waals surface area contributed by atoms with Crippen LogP contribution in [0.2, 0.25) is 10.0 Å². The number of hydrogen-bond donors (Lipinski definition) is 2. The molecule has 1 aromatic heterocycles. The van der Waals surface area contributed by atoms with Gasteiger partial charge in [-0.3, -0.25) is 4.79 Å². The minimum Gasteiger partial charge on any atom is -0.480 e. The van der Waals surface area contributed by atoms with Crippen LogP contribution in [0.3, 0.4) is 0 Å². The smallest absolute Gasteiger partial charge is 0.326 e. The molecule has 0 saturated carbocycles. The highest BCUT2D eigenvalue weighted by atomic mass is 35.5. The number of pyridine rings is 1. The number of rotatable bonds is 7. The number of carboxylic acid groups (broad SMARTS) is 1. The van der Waals surface area contributed by atoms with Crippen molar-refractivity contribution in [3.8, 4) is 11.3 Å². The molecule has 0 aliphatic heterocycles. The standard InChI is InChI=1S/C25H20Cl4N2O3/c1-3-16(27)22(13(2)26)24(32)31-21(25(33)34)12-14-7-9-19-15(11-14)8-10-20(30-19)23-17(28)5-4-6-18(23)29/h3-11,21H,12H2,1-2H3,(H,31,32)(H,33,34)/b16-3+,22-13-. The normalized spacial score (nSPS) is 13.4. The van der Waals surface area contributed by atoms with Crippen molar-refractivity contribution in [2.75, 3.05) is 0 Å². The average molecular weight is 538 g/mol. The summed E-state index contributed by atoms with van der Waals surface area (Å²) in [6.07, 6.45) is 1.57. The van der Waals surface area contributed by atoms with Gasteiger partial charge >= 0.3 is 5.97 Å². The maximum Gasteiger partial charge on any atom is 0.326 e. The number of carboxylic acids is 1. The van der Waals surface area contributed by atoms with Crippen LogP contribution in [0, 0.1) is 0 Å². The van der Waals surface area contributed by atoms with Gasteiger partial charge in [0.05, 0.1) is 31.9 Å². The molecule has 1 heterocycles. The Hall–Kier alpha value is -2.57. The van der Waals surface area contributed by atoms with Crippen molar-refractivity contribution in [3.63, 3.8) is 0 Å². The Bertz CT molecular complexity index is 1310. The van der Waals surface area contributed by atoms with Gasteiger partial charge in [0.2, 0.25) is 0 Å². The Balaban J connectivity index is 1.87. The van der Waals surface area contributed by atoms with Crippen LogP contribution in [0.1, 0.15) is 19.4 Å². The molecule has 0 fully saturated rings. The van der Waals surface area contributed by atoms with Crippen LogP contribution in [0.4, 0.5) is 0 Å². The van der Waals surface area contributed by atoms with Gasteiger partial charge in [-0.1, -0.05) is 70.7 Å². The first-order valence-corrected chi connectivity index (χ1v) is 11.7. The molecule has 176 valence electrons. The fraction of sp³-hybridized carbons (Fsp3) is 0.160. The molecule has 3 rings (SSSR count). The molecule has 2 N–H and O–H groups in total. The van der Waals surface area contributed by atoms with Crippen molar-refractivity contribution in [2.45, 2.75) is 26.3 Å². The van der Waals surface area contributed by atoms with Gasteiger partial charge in [-0.25, -0.2) is 9.78 Å². The molecule has 1 atom stereocenters. The minimum absolute atomic E-state index is 0.0329. The lowest BCUT2D eigenvalue weighted by atomic mass is 10.0. The summed E-state index contributed by atoms with van der Waals surface area (Å²) in [5, 5.41) is 14.3. The average Bonchev–Trinajstić information content (AvgIpc) is 2.78. The minimum atomic E-state index is -1.19. The molecule has 1 unspecified atom stereocenters. The number of benzene rings is 2. The van der Waals surface area contributed by atoms with Crippen LogP contribution in [0.25, 0.3) is 22.2 Å². The van der Waals surface area contributed by atoms with Gasteiger partial charge in [0.25, 0.3) is 5.91 Å². The number of nitrogens with one attached hydrogen (secondary N) is 1. The van der Waals surface area contributed by atoms with Crippen LogP contribution in [0.15, 0.2) is 70.2 Å². The van der Waals surface area contributed by atoms with E-state index in [1.54, 1.807) is 43.3 Å². The Morgan fingerprint density at radius 1 is 1.09 bits per heavy atom. The Morgan fingerprint density at radius 2 is 1.76 bits per heavy atom. The van der Waals surface area contributed by atoms with Crippen LogP contribution in [-0.4, -0.2) is 28.0 Å². The zero-order valence-corrected chi connectivity index (χ0v) is 21.2. The van der Waals surface area contributed by atoms with Crippen LogP contribution in [0.5, 0.6) is 0 Å². The van der Waals surface area contributed by atoms with Crippen LogP contribution >= 0.6 is 46.4 Å². The Labute approximate surface area is 217 Å². The van der Waals surface area contributed by atoms with E-state index in [0.29, 0.717) is 32.4 Å². The number of allylic oxidation sites excluding steroid dienone is 2. The van der Waals surface area contributed by atoms with E-state index in [4.69, 9.17) is 46.4 Å². The zero-order valence-electron chi connectivity index (χ0n) is 18.2. The Morgan fingerprint density at radius 3 is 2.35 bits per heavy atom. The SMILES string of the molecule is C/C=C(Cl)\C(C(=O)NC(Cc1ccc2nc(-c3c(Cl)cccc3Cl)ccc2c1)C(=O)O)=C(/C)Cl. The van der Waals surface area contributed by atoms with Gasteiger partial charge in [-0.05, 0) is 49.7 Å². The first kappa shape index (κ1) is 26.0. The van der Waals surface area contributed by atoms with Gasteiger partial charge in [0.15, 0.2) is 0 Å². The molecule has 0 radical (unpaired) electrons. The molecule has 34 heavy (non-hydrogen) atoms. The maximum atomic E-state index is 12.7. The van der Waals surface area contributed by atoms with Gasteiger partial charge < -0.3 is 10.4 Å². The third-order valence-corrected chi connectivity index (χ3v) is 6.31. The molecule has 9 heteroatoms. The highest BCUT2D eigenvalue weighted by Gasteiger charge is 2.24.